The standard InChI is InChI=1S/C12H10ClFN2O/c13-10-3-2-9(5-11(10)14)17-7-8-1-4-12(15)16-6-8/h1-6H,7H2,(H2,15,16). The second kappa shape index (κ2) is 5.01. The van der Waals surface area contributed by atoms with Crippen LogP contribution < -0.4 is 10.5 Å². The number of anilines is 1. The number of nitrogen functional groups attached to an aromatic ring is 1. The molecule has 0 spiro atoms. The molecule has 0 aliphatic rings. The predicted molar refractivity (Wildman–Crippen MR) is 64.4 cm³/mol. The molecular formula is C12H10ClFN2O. The molecule has 2 aromatic rings. The van der Waals surface area contributed by atoms with Crippen LogP contribution in [0.1, 0.15) is 5.56 Å². The number of pyridine rings is 1. The van der Waals surface area contributed by atoms with Crippen LogP contribution in [0.2, 0.25) is 5.02 Å². The summed E-state index contributed by atoms with van der Waals surface area (Å²) in [5, 5.41) is 0.0755. The predicted octanol–water partition coefficient (Wildman–Crippen LogP) is 3.04. The summed E-state index contributed by atoms with van der Waals surface area (Å²) in [4.78, 5) is 3.93. The smallest absolute Gasteiger partial charge is 0.145 e. The molecule has 1 aromatic heterocycles. The fourth-order valence-corrected chi connectivity index (χ4v) is 1.37. The first kappa shape index (κ1) is 11.7. The van der Waals surface area contributed by atoms with Gasteiger partial charge in [0.25, 0.3) is 0 Å². The zero-order valence-electron chi connectivity index (χ0n) is 8.86. The quantitative estimate of drug-likeness (QED) is 0.913. The van der Waals surface area contributed by atoms with Crippen molar-refractivity contribution in [3.8, 4) is 5.75 Å². The maximum Gasteiger partial charge on any atom is 0.145 e. The minimum absolute atomic E-state index is 0.0755. The molecule has 0 fully saturated rings. The van der Waals surface area contributed by atoms with E-state index >= 15 is 0 Å². The summed E-state index contributed by atoms with van der Waals surface area (Å²) in [5.74, 6) is 0.370. The lowest BCUT2D eigenvalue weighted by molar-refractivity contribution is 0.304. The Kier molecular flexibility index (Phi) is 3.44. The molecule has 17 heavy (non-hydrogen) atoms. The van der Waals surface area contributed by atoms with E-state index in [2.05, 4.69) is 4.98 Å². The van der Waals surface area contributed by atoms with Gasteiger partial charge in [-0.15, -0.1) is 0 Å². The van der Waals surface area contributed by atoms with Gasteiger partial charge < -0.3 is 10.5 Å². The van der Waals surface area contributed by atoms with Gasteiger partial charge in [0.1, 0.15) is 24.0 Å². The average Bonchev–Trinajstić information content (AvgIpc) is 2.33. The zero-order chi connectivity index (χ0) is 12.3. The minimum Gasteiger partial charge on any atom is -0.489 e. The Balaban J connectivity index is 2.02. The Morgan fingerprint density at radius 2 is 2.12 bits per heavy atom. The van der Waals surface area contributed by atoms with Gasteiger partial charge in [0.15, 0.2) is 0 Å². The molecular weight excluding hydrogens is 243 g/mol. The maximum atomic E-state index is 13.1. The van der Waals surface area contributed by atoms with E-state index in [0.717, 1.165) is 5.56 Å². The molecule has 0 atom stereocenters. The monoisotopic (exact) mass is 252 g/mol. The highest BCUT2D eigenvalue weighted by molar-refractivity contribution is 6.30. The Labute approximate surface area is 103 Å². The molecule has 5 heteroatoms. The van der Waals surface area contributed by atoms with Gasteiger partial charge in [0.05, 0.1) is 5.02 Å². The highest BCUT2D eigenvalue weighted by Gasteiger charge is 2.02. The van der Waals surface area contributed by atoms with Crippen LogP contribution in [0.25, 0.3) is 0 Å². The lowest BCUT2D eigenvalue weighted by Crippen LogP contribution is -1.98. The molecule has 0 radical (unpaired) electrons. The van der Waals surface area contributed by atoms with Crippen LogP contribution in [0.4, 0.5) is 10.2 Å². The number of rotatable bonds is 3. The summed E-state index contributed by atoms with van der Waals surface area (Å²) in [6, 6.07) is 7.78. The minimum atomic E-state index is -0.500. The summed E-state index contributed by atoms with van der Waals surface area (Å²) in [5.41, 5.74) is 6.31. The molecule has 88 valence electrons. The number of ether oxygens (including phenoxy) is 1. The van der Waals surface area contributed by atoms with Crippen molar-refractivity contribution < 1.29 is 9.13 Å². The summed E-state index contributed by atoms with van der Waals surface area (Å²) in [6.45, 7) is 0.300. The van der Waals surface area contributed by atoms with Crippen LogP contribution in [0.5, 0.6) is 5.75 Å². The molecule has 0 bridgehead atoms. The third-order valence-corrected chi connectivity index (χ3v) is 2.45. The number of nitrogens with two attached hydrogens (primary N) is 1. The van der Waals surface area contributed by atoms with E-state index in [9.17, 15) is 4.39 Å². The number of benzene rings is 1. The number of hydrogen-bond acceptors (Lipinski definition) is 3. The Bertz CT molecular complexity index is 516. The van der Waals surface area contributed by atoms with Gasteiger partial charge in [-0.05, 0) is 18.2 Å². The van der Waals surface area contributed by atoms with E-state index in [4.69, 9.17) is 22.1 Å². The molecule has 1 aromatic carbocycles. The van der Waals surface area contributed by atoms with Crippen molar-refractivity contribution in [1.82, 2.24) is 4.98 Å². The molecule has 0 amide bonds. The van der Waals surface area contributed by atoms with E-state index < -0.39 is 5.82 Å². The van der Waals surface area contributed by atoms with Crippen molar-refractivity contribution in [2.45, 2.75) is 6.61 Å². The second-order valence-electron chi connectivity index (χ2n) is 3.46. The SMILES string of the molecule is Nc1ccc(COc2ccc(Cl)c(F)c2)cn1. The Morgan fingerprint density at radius 1 is 1.29 bits per heavy atom. The van der Waals surface area contributed by atoms with Gasteiger partial charge in [-0.1, -0.05) is 17.7 Å². The normalized spacial score (nSPS) is 10.2. The molecule has 0 aliphatic carbocycles. The van der Waals surface area contributed by atoms with Crippen LogP contribution in [0.3, 0.4) is 0 Å². The van der Waals surface area contributed by atoms with Crippen LogP contribution in [-0.4, -0.2) is 4.98 Å². The fraction of sp³-hybridized carbons (Fsp3) is 0.0833. The molecule has 1 heterocycles. The van der Waals surface area contributed by atoms with Gasteiger partial charge >= 0.3 is 0 Å². The first-order valence-corrected chi connectivity index (χ1v) is 5.31. The Hall–Kier alpha value is -1.81. The zero-order valence-corrected chi connectivity index (χ0v) is 9.62. The molecule has 2 N–H and O–H groups in total. The molecule has 0 unspecified atom stereocenters. The van der Waals surface area contributed by atoms with Gasteiger partial charge in [-0.3, -0.25) is 0 Å². The summed E-state index contributed by atoms with van der Waals surface area (Å²) >= 11 is 5.56. The molecule has 0 saturated heterocycles. The topological polar surface area (TPSA) is 48.1 Å². The summed E-state index contributed by atoms with van der Waals surface area (Å²) in [6.07, 6.45) is 1.61. The van der Waals surface area contributed by atoms with Crippen LogP contribution >= 0.6 is 11.6 Å². The van der Waals surface area contributed by atoms with E-state index in [1.165, 1.54) is 12.1 Å². The van der Waals surface area contributed by atoms with Crippen molar-refractivity contribution in [1.29, 1.82) is 0 Å². The van der Waals surface area contributed by atoms with E-state index in [-0.39, 0.29) is 5.02 Å². The summed E-state index contributed by atoms with van der Waals surface area (Å²) < 4.78 is 18.5. The fourth-order valence-electron chi connectivity index (χ4n) is 1.25. The third kappa shape index (κ3) is 3.07. The maximum absolute atomic E-state index is 13.1. The summed E-state index contributed by atoms with van der Waals surface area (Å²) in [7, 11) is 0. The lowest BCUT2D eigenvalue weighted by Gasteiger charge is -2.06. The molecule has 0 aliphatic heterocycles. The Morgan fingerprint density at radius 3 is 2.76 bits per heavy atom. The first-order valence-electron chi connectivity index (χ1n) is 4.93. The number of hydrogen-bond donors (Lipinski definition) is 1. The number of halogens is 2. The lowest BCUT2D eigenvalue weighted by atomic mass is 10.3. The highest BCUT2D eigenvalue weighted by Crippen LogP contribution is 2.21. The van der Waals surface area contributed by atoms with Gasteiger partial charge in [0.2, 0.25) is 0 Å². The van der Waals surface area contributed by atoms with Crippen molar-refractivity contribution in [2.24, 2.45) is 0 Å². The largest absolute Gasteiger partial charge is 0.489 e. The molecule has 3 nitrogen and oxygen atoms in total. The van der Waals surface area contributed by atoms with Crippen LogP contribution in [0, 0.1) is 5.82 Å². The first-order chi connectivity index (χ1) is 8.15. The number of nitrogens with zero attached hydrogens (tertiary/aromatic N) is 1. The van der Waals surface area contributed by atoms with Crippen molar-refractivity contribution in [3.63, 3.8) is 0 Å². The second-order valence-corrected chi connectivity index (χ2v) is 3.86. The number of aromatic nitrogens is 1. The third-order valence-electron chi connectivity index (χ3n) is 2.14. The van der Waals surface area contributed by atoms with E-state index in [0.29, 0.717) is 18.2 Å². The van der Waals surface area contributed by atoms with Crippen LogP contribution in [0.15, 0.2) is 36.5 Å². The van der Waals surface area contributed by atoms with Crippen molar-refractivity contribution in [3.05, 3.63) is 52.9 Å². The van der Waals surface area contributed by atoms with E-state index in [1.54, 1.807) is 24.4 Å². The average molecular weight is 253 g/mol. The highest BCUT2D eigenvalue weighted by atomic mass is 35.5. The molecule has 2 rings (SSSR count). The van der Waals surface area contributed by atoms with Crippen molar-refractivity contribution in [2.75, 3.05) is 5.73 Å². The molecule has 0 saturated carbocycles. The van der Waals surface area contributed by atoms with E-state index in [1.807, 2.05) is 0 Å². The van der Waals surface area contributed by atoms with Crippen molar-refractivity contribution >= 4 is 17.4 Å². The van der Waals surface area contributed by atoms with Crippen LogP contribution in [-0.2, 0) is 6.61 Å². The van der Waals surface area contributed by atoms with Gasteiger partial charge in [-0.2, -0.15) is 0 Å². The van der Waals surface area contributed by atoms with Gasteiger partial charge in [-0.25, -0.2) is 9.37 Å². The van der Waals surface area contributed by atoms with Gasteiger partial charge in [0, 0.05) is 17.8 Å².